The number of rotatable bonds is 20. The van der Waals surface area contributed by atoms with Crippen LogP contribution in [-0.2, 0) is 14.2 Å². The van der Waals surface area contributed by atoms with Gasteiger partial charge in [0.05, 0.1) is 0 Å². The molecule has 0 fully saturated rings. The zero-order chi connectivity index (χ0) is 21.9. The van der Waals surface area contributed by atoms with Crippen molar-refractivity contribution in [1.82, 2.24) is 0 Å². The Kier molecular flexibility index (Phi) is 15.8. The monoisotopic (exact) mass is 421 g/mol. The van der Waals surface area contributed by atoms with Crippen molar-refractivity contribution in [2.45, 2.75) is 97.9 Å². The van der Waals surface area contributed by atoms with Crippen molar-refractivity contribution < 1.29 is 14.2 Å². The Bertz CT molecular complexity index is 477. The van der Waals surface area contributed by atoms with Crippen molar-refractivity contribution in [1.29, 1.82) is 0 Å². The number of ether oxygens (including phenoxy) is 3. The van der Waals surface area contributed by atoms with Gasteiger partial charge in [-0.15, -0.1) is 0 Å². The molecular weight excluding hydrogens is 374 g/mol. The third kappa shape index (κ3) is 10.8. The van der Waals surface area contributed by atoms with Gasteiger partial charge in [-0.05, 0) is 52.2 Å². The Morgan fingerprint density at radius 3 is 1.80 bits per heavy atom. The van der Waals surface area contributed by atoms with E-state index in [1.807, 2.05) is 26.8 Å². The van der Waals surface area contributed by atoms with Crippen LogP contribution in [-0.4, -0.2) is 32.3 Å². The van der Waals surface area contributed by atoms with Gasteiger partial charge in [0.1, 0.15) is 0 Å². The molecule has 1 rings (SSSR count). The lowest BCUT2D eigenvalue weighted by Gasteiger charge is -2.39. The molecule has 4 heteroatoms. The first-order valence-electron chi connectivity index (χ1n) is 12.4. The van der Waals surface area contributed by atoms with Gasteiger partial charge in [0.15, 0.2) is 0 Å². The molecule has 0 heterocycles. The Balaban J connectivity index is 2.59. The molecule has 0 aliphatic heterocycles. The fourth-order valence-electron chi connectivity index (χ4n) is 4.06. The molecule has 1 aromatic carbocycles. The van der Waals surface area contributed by atoms with Crippen LogP contribution in [0.4, 0.5) is 5.69 Å². The molecule has 0 amide bonds. The van der Waals surface area contributed by atoms with E-state index in [4.69, 9.17) is 14.2 Å². The summed E-state index contributed by atoms with van der Waals surface area (Å²) in [4.78, 5) is 0. The summed E-state index contributed by atoms with van der Waals surface area (Å²) >= 11 is 0. The molecule has 0 radical (unpaired) electrons. The van der Waals surface area contributed by atoms with Gasteiger partial charge in [-0.3, -0.25) is 0 Å². The molecule has 1 atom stereocenters. The van der Waals surface area contributed by atoms with Crippen molar-refractivity contribution in [3.05, 3.63) is 30.3 Å². The molecule has 174 valence electrons. The Morgan fingerprint density at radius 1 is 0.700 bits per heavy atom. The second-order valence-corrected chi connectivity index (χ2v) is 7.94. The van der Waals surface area contributed by atoms with E-state index in [-0.39, 0.29) is 5.92 Å². The fraction of sp³-hybridized carbons (Fsp3) is 0.769. The number of hydrogen-bond donors (Lipinski definition) is 1. The van der Waals surface area contributed by atoms with Crippen molar-refractivity contribution in [3.63, 3.8) is 0 Å². The topological polar surface area (TPSA) is 39.7 Å². The second kappa shape index (κ2) is 17.6. The van der Waals surface area contributed by atoms with Crippen LogP contribution < -0.4 is 5.32 Å². The van der Waals surface area contributed by atoms with E-state index in [1.165, 1.54) is 44.2 Å². The van der Waals surface area contributed by atoms with E-state index in [1.54, 1.807) is 0 Å². The van der Waals surface area contributed by atoms with Gasteiger partial charge in [-0.2, -0.15) is 0 Å². The molecule has 0 bridgehead atoms. The highest BCUT2D eigenvalue weighted by Crippen LogP contribution is 2.34. The third-order valence-corrected chi connectivity index (χ3v) is 5.52. The normalized spacial score (nSPS) is 12.8. The highest BCUT2D eigenvalue weighted by atomic mass is 16.9. The minimum absolute atomic E-state index is 0.264. The van der Waals surface area contributed by atoms with Crippen molar-refractivity contribution in [2.24, 2.45) is 5.92 Å². The highest BCUT2D eigenvalue weighted by molar-refractivity contribution is 5.42. The second-order valence-electron chi connectivity index (χ2n) is 7.94. The molecule has 0 saturated carbocycles. The van der Waals surface area contributed by atoms with E-state index in [0.717, 1.165) is 32.2 Å². The molecule has 0 spiro atoms. The summed E-state index contributed by atoms with van der Waals surface area (Å²) in [6, 6.07) is 10.4. The minimum Gasteiger partial charge on any atom is -0.385 e. The molecule has 1 unspecified atom stereocenters. The molecule has 30 heavy (non-hydrogen) atoms. The number of hydrogen-bond acceptors (Lipinski definition) is 4. The Labute approximate surface area is 186 Å². The summed E-state index contributed by atoms with van der Waals surface area (Å²) in [5.41, 5.74) is 1.19. The first kappa shape index (κ1) is 26.9. The van der Waals surface area contributed by atoms with E-state index >= 15 is 0 Å². The Hall–Kier alpha value is -1.10. The molecule has 1 aromatic rings. The number of anilines is 1. The van der Waals surface area contributed by atoms with Gasteiger partial charge >= 0.3 is 0 Å². The smallest absolute Gasteiger partial charge is 0.285 e. The van der Waals surface area contributed by atoms with E-state index in [9.17, 15) is 0 Å². The van der Waals surface area contributed by atoms with Gasteiger partial charge < -0.3 is 19.5 Å². The van der Waals surface area contributed by atoms with Gasteiger partial charge in [0.2, 0.25) is 0 Å². The van der Waals surface area contributed by atoms with E-state index in [2.05, 4.69) is 36.5 Å². The fourth-order valence-corrected chi connectivity index (χ4v) is 4.06. The molecule has 1 N–H and O–H groups in total. The average molecular weight is 422 g/mol. The third-order valence-electron chi connectivity index (χ3n) is 5.52. The number of nitrogens with one attached hydrogen (secondary N) is 1. The molecule has 0 aliphatic carbocycles. The summed E-state index contributed by atoms with van der Waals surface area (Å²) in [5.74, 6) is -0.630. The first-order chi connectivity index (χ1) is 14.7. The molecule has 4 nitrogen and oxygen atoms in total. The minimum atomic E-state index is -0.894. The van der Waals surface area contributed by atoms with Crippen molar-refractivity contribution in [3.8, 4) is 0 Å². The summed E-state index contributed by atoms with van der Waals surface area (Å²) in [6.45, 7) is 11.1. The van der Waals surface area contributed by atoms with Crippen molar-refractivity contribution in [2.75, 3.05) is 31.7 Å². The summed E-state index contributed by atoms with van der Waals surface area (Å²) in [5, 5.41) is 3.51. The van der Waals surface area contributed by atoms with Crippen molar-refractivity contribution >= 4 is 5.69 Å². The van der Waals surface area contributed by atoms with Gasteiger partial charge in [0, 0.05) is 38.0 Å². The maximum atomic E-state index is 6.13. The maximum absolute atomic E-state index is 6.13. The largest absolute Gasteiger partial charge is 0.385 e. The number of para-hydroxylation sites is 1. The maximum Gasteiger partial charge on any atom is 0.285 e. The van der Waals surface area contributed by atoms with Crippen LogP contribution in [0.15, 0.2) is 30.3 Å². The SMILES string of the molecule is CCCCCCCCC(CCCCNc1ccccc1)C(OCC)(OCC)OCC. The average Bonchev–Trinajstić information content (AvgIpc) is 2.75. The van der Waals surface area contributed by atoms with Crippen LogP contribution in [0.3, 0.4) is 0 Å². The van der Waals surface area contributed by atoms with Crippen LogP contribution in [0.2, 0.25) is 0 Å². The van der Waals surface area contributed by atoms with Crippen LogP contribution in [0.5, 0.6) is 0 Å². The number of benzene rings is 1. The predicted molar refractivity (Wildman–Crippen MR) is 128 cm³/mol. The molecule has 0 aliphatic rings. The molecule has 0 saturated heterocycles. The lowest BCUT2D eigenvalue weighted by atomic mass is 9.92. The van der Waals surface area contributed by atoms with Crippen LogP contribution in [0, 0.1) is 5.92 Å². The summed E-state index contributed by atoms with van der Waals surface area (Å²) in [7, 11) is 0. The standard InChI is InChI=1S/C26H47NO3/c1-5-9-10-11-12-14-19-24(26(28-6-2,29-7-3)30-8-4)20-17-18-23-27-25-21-15-13-16-22-25/h13,15-16,21-22,24,27H,5-12,14,17-20,23H2,1-4H3. The zero-order valence-corrected chi connectivity index (χ0v) is 20.1. The lowest BCUT2D eigenvalue weighted by molar-refractivity contribution is -0.403. The molecule has 0 aromatic heterocycles. The highest BCUT2D eigenvalue weighted by Gasteiger charge is 2.41. The van der Waals surface area contributed by atoms with Gasteiger partial charge in [-0.25, -0.2) is 0 Å². The van der Waals surface area contributed by atoms with E-state index < -0.39 is 5.97 Å². The summed E-state index contributed by atoms with van der Waals surface area (Å²) in [6.07, 6.45) is 12.2. The van der Waals surface area contributed by atoms with Gasteiger partial charge in [-0.1, -0.05) is 70.1 Å². The van der Waals surface area contributed by atoms with Gasteiger partial charge in [0.25, 0.3) is 5.97 Å². The Morgan fingerprint density at radius 2 is 1.23 bits per heavy atom. The molecular formula is C26H47NO3. The predicted octanol–water partition coefficient (Wildman–Crippen LogP) is 7.40. The van der Waals surface area contributed by atoms with Crippen LogP contribution in [0.25, 0.3) is 0 Å². The summed E-state index contributed by atoms with van der Waals surface area (Å²) < 4.78 is 18.4. The lowest BCUT2D eigenvalue weighted by Crippen LogP contribution is -2.46. The van der Waals surface area contributed by atoms with E-state index in [0.29, 0.717) is 19.8 Å². The van der Waals surface area contributed by atoms with Crippen LogP contribution in [0.1, 0.15) is 91.9 Å². The first-order valence-corrected chi connectivity index (χ1v) is 12.4. The number of unbranched alkanes of at least 4 members (excludes halogenated alkanes) is 6. The quantitative estimate of drug-likeness (QED) is 0.176. The van der Waals surface area contributed by atoms with Crippen LogP contribution >= 0.6 is 0 Å². The zero-order valence-electron chi connectivity index (χ0n) is 20.1.